The van der Waals surface area contributed by atoms with Crippen molar-refractivity contribution in [2.75, 3.05) is 6.54 Å². The summed E-state index contributed by atoms with van der Waals surface area (Å²) in [5.74, 6) is 0. The normalized spacial score (nSPS) is 21.0. The highest BCUT2D eigenvalue weighted by molar-refractivity contribution is 6.31. The van der Waals surface area contributed by atoms with E-state index >= 15 is 0 Å². The molecule has 1 amide bonds. The molecule has 0 radical (unpaired) electrons. The number of likely N-dealkylation sites (tertiary alicyclic amines) is 1. The minimum Gasteiger partial charge on any atom is -0.444 e. The van der Waals surface area contributed by atoms with E-state index in [1.54, 1.807) is 4.90 Å². The summed E-state index contributed by atoms with van der Waals surface area (Å²) in [6.07, 6.45) is 0.510. The summed E-state index contributed by atoms with van der Waals surface area (Å²) in [5, 5.41) is 0.226. The summed E-state index contributed by atoms with van der Waals surface area (Å²) in [5.41, 5.74) is 0.192. The molecule has 128 valence electrons. The number of ether oxygens (including phenoxy) is 1. The molecule has 0 bridgehead atoms. The molecule has 0 N–H and O–H groups in total. The quantitative estimate of drug-likeness (QED) is 0.587. The van der Waals surface area contributed by atoms with Gasteiger partial charge in [-0.1, -0.05) is 32.9 Å². The zero-order chi connectivity index (χ0) is 17.3. The minimum absolute atomic E-state index is 0.00954. The van der Waals surface area contributed by atoms with Crippen LogP contribution in [-0.2, 0) is 9.16 Å². The summed E-state index contributed by atoms with van der Waals surface area (Å²) in [6, 6.07) is -0.00954. The number of nitrogens with zero attached hydrogens (tertiary/aromatic N) is 1. The van der Waals surface area contributed by atoms with E-state index in [1.165, 1.54) is 0 Å². The fourth-order valence-corrected chi connectivity index (χ4v) is 3.43. The average molecular weight is 328 g/mol. The molecule has 0 saturated carbocycles. The van der Waals surface area contributed by atoms with Gasteiger partial charge in [-0.25, -0.2) is 4.79 Å². The first kappa shape index (κ1) is 19.2. The van der Waals surface area contributed by atoms with E-state index in [2.05, 4.69) is 41.2 Å². The monoisotopic (exact) mass is 327 g/mol. The van der Waals surface area contributed by atoms with Crippen LogP contribution >= 0.6 is 0 Å². The highest BCUT2D eigenvalue weighted by atomic mass is 28.2. The van der Waals surface area contributed by atoms with Gasteiger partial charge >= 0.3 is 6.09 Å². The van der Waals surface area contributed by atoms with Crippen molar-refractivity contribution in [2.24, 2.45) is 0 Å². The van der Waals surface area contributed by atoms with Gasteiger partial charge < -0.3 is 9.16 Å². The van der Waals surface area contributed by atoms with Gasteiger partial charge in [-0.15, -0.1) is 0 Å². The molecule has 1 atom stereocenters. The van der Waals surface area contributed by atoms with E-state index in [0.29, 0.717) is 6.54 Å². The molecule has 1 heterocycles. The summed E-state index contributed by atoms with van der Waals surface area (Å²) in [6.45, 7) is 21.0. The molecule has 5 heteroatoms. The van der Waals surface area contributed by atoms with E-state index in [1.807, 2.05) is 20.8 Å². The third-order valence-corrected chi connectivity index (χ3v) is 5.31. The first-order valence-corrected chi connectivity index (χ1v) is 9.30. The van der Waals surface area contributed by atoms with Crippen molar-refractivity contribution in [1.82, 2.24) is 4.90 Å². The molecule has 1 aliphatic rings. The summed E-state index contributed by atoms with van der Waals surface area (Å²) < 4.78 is 11.8. The second-order valence-corrected chi connectivity index (χ2v) is 11.7. The molecule has 1 aliphatic heterocycles. The molecule has 1 rings (SSSR count). The van der Waals surface area contributed by atoms with Crippen molar-refractivity contribution in [1.29, 1.82) is 0 Å². The molecule has 1 saturated heterocycles. The molecule has 1 fully saturated rings. The Kier molecular flexibility index (Phi) is 5.56. The Bertz CT molecular complexity index is 432. The molecule has 0 unspecified atom stereocenters. The Balaban J connectivity index is 2.85. The summed E-state index contributed by atoms with van der Waals surface area (Å²) >= 11 is 0. The van der Waals surface area contributed by atoms with Crippen molar-refractivity contribution in [3.63, 3.8) is 0 Å². The summed E-state index contributed by atoms with van der Waals surface area (Å²) in [4.78, 5) is 14.3. The first-order chi connectivity index (χ1) is 9.71. The lowest BCUT2D eigenvalue weighted by Gasteiger charge is -2.39. The lowest BCUT2D eigenvalue weighted by atomic mass is 9.96. The van der Waals surface area contributed by atoms with Crippen molar-refractivity contribution < 1.29 is 14.0 Å². The van der Waals surface area contributed by atoms with Gasteiger partial charge in [-0.2, -0.15) is 0 Å². The maximum absolute atomic E-state index is 12.5. The highest BCUT2D eigenvalue weighted by Crippen LogP contribution is 2.34. The molecule has 4 nitrogen and oxygen atoms in total. The second-order valence-electron chi connectivity index (χ2n) is 9.03. The number of rotatable bonds is 3. The second kappa shape index (κ2) is 6.36. The molecule has 0 aromatic heterocycles. The molecule has 0 aromatic rings. The van der Waals surface area contributed by atoms with Gasteiger partial charge in [0, 0.05) is 6.54 Å². The van der Waals surface area contributed by atoms with Crippen molar-refractivity contribution >= 4 is 15.9 Å². The van der Waals surface area contributed by atoms with Crippen LogP contribution < -0.4 is 0 Å². The zero-order valence-corrected chi connectivity index (χ0v) is 17.0. The molecule has 22 heavy (non-hydrogen) atoms. The largest absolute Gasteiger partial charge is 0.444 e. The standard InChI is InChI=1S/C17H33NO3Si/c1-12-10-13(17(8,9)21-22-16(5,6)7)18(11-12)14(19)20-15(2,3)4/h13H,1,10-11,22H2,2-9H3/t13-/m0/s1. The fourth-order valence-electron chi connectivity index (χ4n) is 2.43. The van der Waals surface area contributed by atoms with Gasteiger partial charge in [-0.05, 0) is 46.1 Å². The topological polar surface area (TPSA) is 38.8 Å². The Labute approximate surface area is 138 Å². The Morgan fingerprint density at radius 2 is 1.73 bits per heavy atom. The van der Waals surface area contributed by atoms with Crippen LogP contribution in [0.5, 0.6) is 0 Å². The highest BCUT2D eigenvalue weighted by Gasteiger charge is 2.43. The van der Waals surface area contributed by atoms with Crippen LogP contribution in [0.1, 0.15) is 61.8 Å². The average Bonchev–Trinajstić information content (AvgIpc) is 2.67. The van der Waals surface area contributed by atoms with Gasteiger partial charge in [-0.3, -0.25) is 4.90 Å². The predicted octanol–water partition coefficient (Wildman–Crippen LogP) is 3.65. The number of amides is 1. The van der Waals surface area contributed by atoms with E-state index in [4.69, 9.17) is 9.16 Å². The SMILES string of the molecule is C=C1C[C@@H](C(C)(C)O[SiH2]C(C)(C)C)N(C(=O)OC(C)(C)C)C1. The lowest BCUT2D eigenvalue weighted by Crippen LogP contribution is -2.51. The molecule has 0 aromatic carbocycles. The fraction of sp³-hybridized carbons (Fsp3) is 0.824. The van der Waals surface area contributed by atoms with Crippen LogP contribution in [0.25, 0.3) is 0 Å². The predicted molar refractivity (Wildman–Crippen MR) is 93.9 cm³/mol. The van der Waals surface area contributed by atoms with E-state index in [9.17, 15) is 4.79 Å². The molecular formula is C17H33NO3Si. The Morgan fingerprint density at radius 1 is 1.18 bits per heavy atom. The maximum atomic E-state index is 12.5. The number of hydrogen-bond donors (Lipinski definition) is 0. The van der Waals surface area contributed by atoms with E-state index < -0.39 is 15.4 Å². The van der Waals surface area contributed by atoms with Crippen LogP contribution in [0.3, 0.4) is 0 Å². The Morgan fingerprint density at radius 3 is 2.18 bits per heavy atom. The molecular weight excluding hydrogens is 294 g/mol. The van der Waals surface area contributed by atoms with Gasteiger partial charge in [0.1, 0.15) is 5.60 Å². The van der Waals surface area contributed by atoms with Gasteiger partial charge in [0.15, 0.2) is 9.76 Å². The zero-order valence-electron chi connectivity index (χ0n) is 15.6. The van der Waals surface area contributed by atoms with Crippen LogP contribution in [0, 0.1) is 0 Å². The van der Waals surface area contributed by atoms with Crippen LogP contribution in [0.4, 0.5) is 4.79 Å². The van der Waals surface area contributed by atoms with E-state index in [-0.39, 0.29) is 22.8 Å². The third-order valence-electron chi connectivity index (χ3n) is 3.56. The third kappa shape index (κ3) is 5.76. The van der Waals surface area contributed by atoms with Crippen molar-refractivity contribution in [3.05, 3.63) is 12.2 Å². The number of hydrogen-bond acceptors (Lipinski definition) is 3. The maximum Gasteiger partial charge on any atom is 0.410 e. The summed E-state index contributed by atoms with van der Waals surface area (Å²) in [7, 11) is -0.694. The molecule has 0 aliphatic carbocycles. The van der Waals surface area contributed by atoms with Crippen molar-refractivity contribution in [2.45, 2.75) is 84.1 Å². The first-order valence-electron chi connectivity index (χ1n) is 8.01. The number of carbonyl (C=O) groups excluding carboxylic acids is 1. The lowest BCUT2D eigenvalue weighted by molar-refractivity contribution is -0.0129. The van der Waals surface area contributed by atoms with Crippen LogP contribution in [0.15, 0.2) is 12.2 Å². The molecule has 0 spiro atoms. The van der Waals surface area contributed by atoms with Gasteiger partial charge in [0.05, 0.1) is 11.6 Å². The van der Waals surface area contributed by atoms with Crippen molar-refractivity contribution in [3.8, 4) is 0 Å². The smallest absolute Gasteiger partial charge is 0.410 e. The van der Waals surface area contributed by atoms with Crippen LogP contribution in [0.2, 0.25) is 5.04 Å². The minimum atomic E-state index is -0.694. The van der Waals surface area contributed by atoms with E-state index in [0.717, 1.165) is 12.0 Å². The number of carbonyl (C=O) groups is 1. The van der Waals surface area contributed by atoms with Gasteiger partial charge in [0.25, 0.3) is 0 Å². The van der Waals surface area contributed by atoms with Crippen LogP contribution in [-0.4, -0.2) is 44.5 Å². The van der Waals surface area contributed by atoms with Gasteiger partial charge in [0.2, 0.25) is 0 Å². The Hall–Kier alpha value is -0.813.